The van der Waals surface area contributed by atoms with Gasteiger partial charge in [0.2, 0.25) is 0 Å². The second kappa shape index (κ2) is 3.40. The largest absolute Gasteiger partial charge is 0.0651 e. The van der Waals surface area contributed by atoms with E-state index >= 15 is 0 Å². The van der Waals surface area contributed by atoms with Crippen molar-refractivity contribution in [2.24, 2.45) is 23.7 Å². The van der Waals surface area contributed by atoms with Crippen LogP contribution in [0.5, 0.6) is 0 Å². The van der Waals surface area contributed by atoms with Gasteiger partial charge in [-0.1, -0.05) is 26.7 Å². The molecule has 3 saturated carbocycles. The molecule has 0 amide bonds. The zero-order chi connectivity index (χ0) is 8.55. The van der Waals surface area contributed by atoms with Gasteiger partial charge in [-0.25, -0.2) is 0 Å². The first-order valence-corrected chi connectivity index (χ1v) is 5.85. The zero-order valence-corrected chi connectivity index (χ0v) is 8.55. The van der Waals surface area contributed by atoms with Crippen LogP contribution in [0.2, 0.25) is 0 Å². The molecule has 3 aliphatic carbocycles. The lowest BCUT2D eigenvalue weighted by molar-refractivity contribution is 0.0371. The molecule has 0 spiro atoms. The van der Waals surface area contributed by atoms with Crippen LogP contribution in [0.4, 0.5) is 0 Å². The fraction of sp³-hybridized carbons (Fsp3) is 1.00. The van der Waals surface area contributed by atoms with E-state index in [2.05, 4.69) is 13.8 Å². The van der Waals surface area contributed by atoms with Crippen LogP contribution in [-0.4, -0.2) is 0 Å². The molecule has 0 aromatic heterocycles. The molecule has 3 aliphatic rings. The van der Waals surface area contributed by atoms with Gasteiger partial charge >= 0.3 is 0 Å². The SMILES string of the molecule is CCC1CC2CCC1CC2CC. The summed E-state index contributed by atoms with van der Waals surface area (Å²) in [5.41, 5.74) is 0. The maximum absolute atomic E-state index is 2.38. The van der Waals surface area contributed by atoms with Gasteiger partial charge in [-0.05, 0) is 49.4 Å². The van der Waals surface area contributed by atoms with E-state index in [4.69, 9.17) is 0 Å². The lowest BCUT2D eigenvalue weighted by Crippen LogP contribution is -2.37. The maximum atomic E-state index is 2.38. The van der Waals surface area contributed by atoms with Crippen molar-refractivity contribution in [1.82, 2.24) is 0 Å². The molecule has 4 atom stereocenters. The first-order chi connectivity index (χ1) is 5.85. The molecule has 4 unspecified atom stereocenters. The Balaban J connectivity index is 2.01. The monoisotopic (exact) mass is 166 g/mol. The summed E-state index contributed by atoms with van der Waals surface area (Å²) in [5.74, 6) is 4.44. The molecule has 0 radical (unpaired) electrons. The fourth-order valence-electron chi connectivity index (χ4n) is 3.68. The second-order valence-electron chi connectivity index (χ2n) is 4.91. The molecule has 0 nitrogen and oxygen atoms in total. The van der Waals surface area contributed by atoms with E-state index in [9.17, 15) is 0 Å². The Morgan fingerprint density at radius 1 is 0.833 bits per heavy atom. The lowest BCUT2D eigenvalue weighted by Gasteiger charge is -2.47. The lowest BCUT2D eigenvalue weighted by atomic mass is 9.59. The van der Waals surface area contributed by atoms with Gasteiger partial charge in [-0.3, -0.25) is 0 Å². The molecule has 0 aromatic rings. The van der Waals surface area contributed by atoms with Crippen molar-refractivity contribution in [3.63, 3.8) is 0 Å². The zero-order valence-electron chi connectivity index (χ0n) is 8.55. The summed E-state index contributed by atoms with van der Waals surface area (Å²) >= 11 is 0. The molecule has 0 aromatic carbocycles. The third-order valence-corrected chi connectivity index (χ3v) is 4.50. The molecule has 3 rings (SSSR count). The number of fused-ring (bicyclic) bond motifs is 3. The first kappa shape index (κ1) is 8.59. The Morgan fingerprint density at radius 3 is 1.50 bits per heavy atom. The predicted molar refractivity (Wildman–Crippen MR) is 53.0 cm³/mol. The number of hydrogen-bond donors (Lipinski definition) is 0. The predicted octanol–water partition coefficient (Wildman–Crippen LogP) is 3.86. The van der Waals surface area contributed by atoms with Crippen molar-refractivity contribution < 1.29 is 0 Å². The van der Waals surface area contributed by atoms with Crippen LogP contribution in [0.25, 0.3) is 0 Å². The van der Waals surface area contributed by atoms with E-state index < -0.39 is 0 Å². The summed E-state index contributed by atoms with van der Waals surface area (Å²) in [6.45, 7) is 4.76. The Bertz CT molecular complexity index is 132. The molecule has 0 heterocycles. The van der Waals surface area contributed by atoms with Gasteiger partial charge in [0.15, 0.2) is 0 Å². The van der Waals surface area contributed by atoms with Crippen LogP contribution in [0.3, 0.4) is 0 Å². The highest BCUT2D eigenvalue weighted by molar-refractivity contribution is 4.90. The number of rotatable bonds is 2. The average Bonchev–Trinajstić information content (AvgIpc) is 2.18. The molecule has 0 aliphatic heterocycles. The number of hydrogen-bond acceptors (Lipinski definition) is 0. The minimum absolute atomic E-state index is 1.10. The normalized spacial score (nSPS) is 46.5. The van der Waals surface area contributed by atoms with Crippen LogP contribution < -0.4 is 0 Å². The Hall–Kier alpha value is 0. The third-order valence-electron chi connectivity index (χ3n) is 4.50. The molecule has 3 fully saturated rings. The van der Waals surface area contributed by atoms with E-state index in [0.29, 0.717) is 0 Å². The summed E-state index contributed by atoms with van der Waals surface area (Å²) in [5, 5.41) is 0. The van der Waals surface area contributed by atoms with Crippen molar-refractivity contribution in [3.8, 4) is 0 Å². The van der Waals surface area contributed by atoms with E-state index in [1.54, 1.807) is 25.7 Å². The molecule has 12 heavy (non-hydrogen) atoms. The molecular formula is C12H22. The quantitative estimate of drug-likeness (QED) is 0.584. The van der Waals surface area contributed by atoms with Gasteiger partial charge in [0, 0.05) is 0 Å². The molecular weight excluding hydrogens is 144 g/mol. The molecule has 0 saturated heterocycles. The van der Waals surface area contributed by atoms with Gasteiger partial charge in [0.25, 0.3) is 0 Å². The van der Waals surface area contributed by atoms with E-state index in [1.165, 1.54) is 12.8 Å². The summed E-state index contributed by atoms with van der Waals surface area (Å²) in [4.78, 5) is 0. The maximum Gasteiger partial charge on any atom is -0.0383 e. The smallest absolute Gasteiger partial charge is 0.0383 e. The molecule has 70 valence electrons. The van der Waals surface area contributed by atoms with Gasteiger partial charge in [-0.15, -0.1) is 0 Å². The van der Waals surface area contributed by atoms with Gasteiger partial charge < -0.3 is 0 Å². The van der Waals surface area contributed by atoms with Gasteiger partial charge in [-0.2, -0.15) is 0 Å². The Morgan fingerprint density at radius 2 is 1.25 bits per heavy atom. The Labute approximate surface area is 76.7 Å². The second-order valence-corrected chi connectivity index (χ2v) is 4.91. The highest BCUT2D eigenvalue weighted by Crippen LogP contribution is 2.50. The standard InChI is InChI=1S/C12H22/c1-3-9-7-12-6-5-11(9)8-10(12)4-2/h9-12H,3-8H2,1-2H3. The molecule has 0 heteroatoms. The fourth-order valence-corrected chi connectivity index (χ4v) is 3.68. The summed E-state index contributed by atoms with van der Waals surface area (Å²) in [6.07, 6.45) is 9.13. The van der Waals surface area contributed by atoms with Crippen molar-refractivity contribution in [2.45, 2.75) is 52.4 Å². The summed E-state index contributed by atoms with van der Waals surface area (Å²) < 4.78 is 0. The topological polar surface area (TPSA) is 0 Å². The van der Waals surface area contributed by atoms with Crippen LogP contribution in [-0.2, 0) is 0 Å². The van der Waals surface area contributed by atoms with Gasteiger partial charge in [0.1, 0.15) is 0 Å². The minimum atomic E-state index is 1.10. The summed E-state index contributed by atoms with van der Waals surface area (Å²) in [7, 11) is 0. The van der Waals surface area contributed by atoms with Crippen molar-refractivity contribution in [3.05, 3.63) is 0 Å². The van der Waals surface area contributed by atoms with Crippen LogP contribution in [0, 0.1) is 23.7 Å². The first-order valence-electron chi connectivity index (χ1n) is 5.85. The van der Waals surface area contributed by atoms with Gasteiger partial charge in [0.05, 0.1) is 0 Å². The van der Waals surface area contributed by atoms with Crippen LogP contribution >= 0.6 is 0 Å². The highest BCUT2D eigenvalue weighted by atomic mass is 14.4. The van der Waals surface area contributed by atoms with Crippen molar-refractivity contribution in [2.75, 3.05) is 0 Å². The van der Waals surface area contributed by atoms with E-state index in [1.807, 2.05) is 0 Å². The Kier molecular flexibility index (Phi) is 2.43. The minimum Gasteiger partial charge on any atom is -0.0651 e. The summed E-state index contributed by atoms with van der Waals surface area (Å²) in [6, 6.07) is 0. The average molecular weight is 166 g/mol. The van der Waals surface area contributed by atoms with Crippen LogP contribution in [0.1, 0.15) is 52.4 Å². The van der Waals surface area contributed by atoms with E-state index in [0.717, 1.165) is 23.7 Å². The van der Waals surface area contributed by atoms with Crippen molar-refractivity contribution >= 4 is 0 Å². The van der Waals surface area contributed by atoms with Crippen molar-refractivity contribution in [1.29, 1.82) is 0 Å². The van der Waals surface area contributed by atoms with E-state index in [-0.39, 0.29) is 0 Å². The van der Waals surface area contributed by atoms with Crippen LogP contribution in [0.15, 0.2) is 0 Å². The molecule has 0 N–H and O–H groups in total. The third kappa shape index (κ3) is 1.30. The molecule has 2 bridgehead atoms. The highest BCUT2D eigenvalue weighted by Gasteiger charge is 2.39.